The summed E-state index contributed by atoms with van der Waals surface area (Å²) in [5.74, 6) is 1.05. The maximum atomic E-state index is 12.4. The SMILES string of the molecule is Nc1ncccc1-c1nc2cccnc2n1-c1ccc(CC(=O)NCc2ccccc2)cc1. The Morgan fingerprint density at radius 1 is 0.848 bits per heavy atom. The summed E-state index contributed by atoms with van der Waals surface area (Å²) in [4.78, 5) is 25.9. The van der Waals surface area contributed by atoms with Crippen molar-refractivity contribution >= 4 is 22.9 Å². The topological polar surface area (TPSA) is 98.7 Å². The van der Waals surface area contributed by atoms with Crippen LogP contribution in [0.3, 0.4) is 0 Å². The number of carbonyl (C=O) groups is 1. The second-order valence-electron chi connectivity index (χ2n) is 7.66. The Morgan fingerprint density at radius 3 is 2.39 bits per heavy atom. The van der Waals surface area contributed by atoms with Crippen LogP contribution in [0.25, 0.3) is 28.2 Å². The molecule has 0 saturated carbocycles. The minimum absolute atomic E-state index is 0.0230. The Labute approximate surface area is 191 Å². The second-order valence-corrected chi connectivity index (χ2v) is 7.66. The van der Waals surface area contributed by atoms with Gasteiger partial charge in [0.05, 0.1) is 12.0 Å². The van der Waals surface area contributed by atoms with E-state index >= 15 is 0 Å². The van der Waals surface area contributed by atoms with E-state index < -0.39 is 0 Å². The van der Waals surface area contributed by atoms with E-state index in [2.05, 4.69) is 15.3 Å². The number of nitrogens with two attached hydrogens (primary N) is 1. The molecule has 0 radical (unpaired) electrons. The van der Waals surface area contributed by atoms with Crippen LogP contribution in [0.5, 0.6) is 0 Å². The van der Waals surface area contributed by atoms with Gasteiger partial charge in [-0.05, 0) is 47.5 Å². The summed E-state index contributed by atoms with van der Waals surface area (Å²) in [5.41, 5.74) is 11.2. The molecule has 0 atom stereocenters. The van der Waals surface area contributed by atoms with E-state index in [0.29, 0.717) is 24.6 Å². The van der Waals surface area contributed by atoms with E-state index in [0.717, 1.165) is 33.5 Å². The van der Waals surface area contributed by atoms with Gasteiger partial charge in [-0.1, -0.05) is 42.5 Å². The summed E-state index contributed by atoms with van der Waals surface area (Å²) < 4.78 is 1.96. The first-order valence-electron chi connectivity index (χ1n) is 10.6. The van der Waals surface area contributed by atoms with Crippen molar-refractivity contribution in [1.82, 2.24) is 24.8 Å². The monoisotopic (exact) mass is 434 g/mol. The molecule has 7 nitrogen and oxygen atoms in total. The quantitative estimate of drug-likeness (QED) is 0.422. The van der Waals surface area contributed by atoms with Gasteiger partial charge in [0, 0.05) is 24.6 Å². The molecule has 7 heteroatoms. The number of benzene rings is 2. The number of nitrogen functional groups attached to an aromatic ring is 1. The fraction of sp³-hybridized carbons (Fsp3) is 0.0769. The highest BCUT2D eigenvalue weighted by Gasteiger charge is 2.17. The fourth-order valence-electron chi connectivity index (χ4n) is 3.75. The Bertz CT molecular complexity index is 1410. The van der Waals surface area contributed by atoms with Gasteiger partial charge in [-0.25, -0.2) is 15.0 Å². The highest BCUT2D eigenvalue weighted by atomic mass is 16.1. The molecule has 5 rings (SSSR count). The van der Waals surface area contributed by atoms with Gasteiger partial charge in [0.15, 0.2) is 11.5 Å². The lowest BCUT2D eigenvalue weighted by Gasteiger charge is -2.11. The molecule has 5 aromatic rings. The summed E-state index contributed by atoms with van der Waals surface area (Å²) in [6.07, 6.45) is 3.70. The fourth-order valence-corrected chi connectivity index (χ4v) is 3.75. The predicted octanol–water partition coefficient (Wildman–Crippen LogP) is 3.92. The third kappa shape index (κ3) is 4.29. The molecule has 3 N–H and O–H groups in total. The maximum Gasteiger partial charge on any atom is 0.224 e. The summed E-state index contributed by atoms with van der Waals surface area (Å²) in [7, 11) is 0. The Balaban J connectivity index is 1.41. The van der Waals surface area contributed by atoms with E-state index in [1.807, 2.05) is 83.4 Å². The molecular formula is C26H22N6O. The predicted molar refractivity (Wildman–Crippen MR) is 129 cm³/mol. The zero-order chi connectivity index (χ0) is 22.6. The van der Waals surface area contributed by atoms with Crippen molar-refractivity contribution in [2.75, 3.05) is 5.73 Å². The van der Waals surface area contributed by atoms with Crippen LogP contribution in [-0.2, 0) is 17.8 Å². The number of amides is 1. The molecule has 33 heavy (non-hydrogen) atoms. The molecule has 0 bridgehead atoms. The molecule has 162 valence electrons. The molecule has 0 saturated heterocycles. The number of hydrogen-bond acceptors (Lipinski definition) is 5. The van der Waals surface area contributed by atoms with Crippen LogP contribution in [0, 0.1) is 0 Å². The number of carbonyl (C=O) groups excluding carboxylic acids is 1. The molecule has 2 aromatic carbocycles. The zero-order valence-corrected chi connectivity index (χ0v) is 17.8. The van der Waals surface area contributed by atoms with Gasteiger partial charge in [-0.3, -0.25) is 9.36 Å². The molecular weight excluding hydrogens is 412 g/mol. The van der Waals surface area contributed by atoms with E-state index in [1.165, 1.54) is 0 Å². The van der Waals surface area contributed by atoms with Crippen molar-refractivity contribution in [1.29, 1.82) is 0 Å². The first-order valence-corrected chi connectivity index (χ1v) is 10.6. The number of aromatic nitrogens is 4. The van der Waals surface area contributed by atoms with Crippen LogP contribution < -0.4 is 11.1 Å². The van der Waals surface area contributed by atoms with Crippen LogP contribution in [0.2, 0.25) is 0 Å². The number of fused-ring (bicyclic) bond motifs is 1. The van der Waals surface area contributed by atoms with Gasteiger partial charge >= 0.3 is 0 Å². The third-order valence-corrected chi connectivity index (χ3v) is 5.39. The molecule has 0 aliphatic carbocycles. The number of pyridine rings is 2. The van der Waals surface area contributed by atoms with Crippen molar-refractivity contribution in [3.63, 3.8) is 0 Å². The molecule has 0 aliphatic heterocycles. The highest BCUT2D eigenvalue weighted by molar-refractivity contribution is 5.83. The first kappa shape index (κ1) is 20.4. The first-order chi connectivity index (χ1) is 16.2. The van der Waals surface area contributed by atoms with Gasteiger partial charge in [0.25, 0.3) is 0 Å². The molecule has 3 heterocycles. The number of nitrogens with one attached hydrogen (secondary N) is 1. The van der Waals surface area contributed by atoms with Gasteiger partial charge in [0.1, 0.15) is 11.3 Å². The molecule has 3 aromatic heterocycles. The summed E-state index contributed by atoms with van der Waals surface area (Å²) in [6, 6.07) is 25.2. The Morgan fingerprint density at radius 2 is 1.61 bits per heavy atom. The second kappa shape index (κ2) is 8.92. The van der Waals surface area contributed by atoms with Gasteiger partial charge in [-0.15, -0.1) is 0 Å². The van der Waals surface area contributed by atoms with E-state index in [1.54, 1.807) is 12.4 Å². The van der Waals surface area contributed by atoms with Crippen LogP contribution in [0.15, 0.2) is 91.3 Å². The van der Waals surface area contributed by atoms with E-state index in [-0.39, 0.29) is 5.91 Å². The number of rotatable bonds is 6. The number of nitrogens with zero attached hydrogens (tertiary/aromatic N) is 4. The van der Waals surface area contributed by atoms with Crippen molar-refractivity contribution in [2.24, 2.45) is 0 Å². The average molecular weight is 435 g/mol. The van der Waals surface area contributed by atoms with Crippen LogP contribution >= 0.6 is 0 Å². The number of hydrogen-bond donors (Lipinski definition) is 2. The minimum atomic E-state index is -0.0230. The largest absolute Gasteiger partial charge is 0.383 e. The van der Waals surface area contributed by atoms with Crippen molar-refractivity contribution < 1.29 is 4.79 Å². The molecule has 0 unspecified atom stereocenters. The Kier molecular flexibility index (Phi) is 5.51. The van der Waals surface area contributed by atoms with Crippen molar-refractivity contribution in [2.45, 2.75) is 13.0 Å². The minimum Gasteiger partial charge on any atom is -0.383 e. The summed E-state index contributed by atoms with van der Waals surface area (Å²) in [5, 5.41) is 2.97. The molecule has 0 spiro atoms. The van der Waals surface area contributed by atoms with Crippen LogP contribution in [0.1, 0.15) is 11.1 Å². The molecule has 0 fully saturated rings. The van der Waals surface area contributed by atoms with Gasteiger partial charge < -0.3 is 11.1 Å². The van der Waals surface area contributed by atoms with Crippen LogP contribution in [0.4, 0.5) is 5.82 Å². The van der Waals surface area contributed by atoms with Crippen molar-refractivity contribution in [3.05, 3.63) is 102 Å². The zero-order valence-electron chi connectivity index (χ0n) is 17.8. The molecule has 1 amide bonds. The lowest BCUT2D eigenvalue weighted by molar-refractivity contribution is -0.120. The van der Waals surface area contributed by atoms with E-state index in [4.69, 9.17) is 10.7 Å². The van der Waals surface area contributed by atoms with Crippen LogP contribution in [-0.4, -0.2) is 25.4 Å². The molecule has 0 aliphatic rings. The lowest BCUT2D eigenvalue weighted by atomic mass is 10.1. The Hall–Kier alpha value is -4.52. The third-order valence-electron chi connectivity index (χ3n) is 5.39. The normalized spacial score (nSPS) is 10.9. The average Bonchev–Trinajstić information content (AvgIpc) is 3.23. The summed E-state index contributed by atoms with van der Waals surface area (Å²) >= 11 is 0. The van der Waals surface area contributed by atoms with Gasteiger partial charge in [0.2, 0.25) is 5.91 Å². The van der Waals surface area contributed by atoms with Gasteiger partial charge in [-0.2, -0.15) is 0 Å². The smallest absolute Gasteiger partial charge is 0.224 e. The number of anilines is 1. The highest BCUT2D eigenvalue weighted by Crippen LogP contribution is 2.30. The number of imidazole rings is 1. The van der Waals surface area contributed by atoms with E-state index in [9.17, 15) is 4.79 Å². The maximum absolute atomic E-state index is 12.4. The summed E-state index contributed by atoms with van der Waals surface area (Å²) in [6.45, 7) is 0.514. The lowest BCUT2D eigenvalue weighted by Crippen LogP contribution is -2.24. The standard InChI is InChI=1S/C26H22N6O/c27-24-21(8-4-14-28-24)25-31-22-9-5-15-29-26(22)32(25)20-12-10-18(11-13-20)16-23(33)30-17-19-6-2-1-3-7-19/h1-15H,16-17H2,(H2,27,28)(H,30,33). The van der Waals surface area contributed by atoms with Crippen molar-refractivity contribution in [3.8, 4) is 17.1 Å².